The van der Waals surface area contributed by atoms with E-state index in [9.17, 15) is 14.3 Å². The van der Waals surface area contributed by atoms with Gasteiger partial charge in [-0.1, -0.05) is 12.1 Å². The summed E-state index contributed by atoms with van der Waals surface area (Å²) >= 11 is 0. The van der Waals surface area contributed by atoms with Gasteiger partial charge in [-0.05, 0) is 24.1 Å². The summed E-state index contributed by atoms with van der Waals surface area (Å²) in [6.07, 6.45) is 0.267. The third-order valence-corrected chi connectivity index (χ3v) is 2.05. The van der Waals surface area contributed by atoms with Crippen molar-refractivity contribution in [2.75, 3.05) is 6.54 Å². The molecule has 3 N–H and O–H groups in total. The summed E-state index contributed by atoms with van der Waals surface area (Å²) in [7, 11) is 0. The SMILES string of the molecule is [NH3+]C[C@H](Cc1cccc(F)c1)C(=O)[O-]. The summed E-state index contributed by atoms with van der Waals surface area (Å²) in [6.45, 7) is 0.249. The van der Waals surface area contributed by atoms with Crippen LogP contribution in [0.2, 0.25) is 0 Å². The van der Waals surface area contributed by atoms with Gasteiger partial charge in [-0.15, -0.1) is 0 Å². The maximum absolute atomic E-state index is 12.7. The minimum atomic E-state index is -1.13. The average Bonchev–Trinajstić information content (AvgIpc) is 2.14. The van der Waals surface area contributed by atoms with E-state index in [4.69, 9.17) is 0 Å². The van der Waals surface area contributed by atoms with E-state index < -0.39 is 11.9 Å². The Bertz CT molecular complexity index is 328. The Labute approximate surface area is 81.4 Å². The van der Waals surface area contributed by atoms with Crippen LogP contribution >= 0.6 is 0 Å². The number of carboxylic acid groups (broad SMARTS) is 1. The Balaban J connectivity index is 2.72. The third-order valence-electron chi connectivity index (χ3n) is 2.05. The quantitative estimate of drug-likeness (QED) is 0.671. The van der Waals surface area contributed by atoms with Crippen molar-refractivity contribution in [2.45, 2.75) is 6.42 Å². The maximum atomic E-state index is 12.7. The second-order valence-electron chi connectivity index (χ2n) is 3.14. The summed E-state index contributed by atoms with van der Waals surface area (Å²) in [5.74, 6) is -2.13. The van der Waals surface area contributed by atoms with Crippen molar-refractivity contribution in [1.29, 1.82) is 0 Å². The lowest BCUT2D eigenvalue weighted by Gasteiger charge is -2.13. The van der Waals surface area contributed by atoms with Gasteiger partial charge in [0.25, 0.3) is 0 Å². The highest BCUT2D eigenvalue weighted by Gasteiger charge is 2.10. The second kappa shape index (κ2) is 4.72. The zero-order chi connectivity index (χ0) is 10.6. The minimum absolute atomic E-state index is 0.249. The van der Waals surface area contributed by atoms with Crippen molar-refractivity contribution in [3.8, 4) is 0 Å². The van der Waals surface area contributed by atoms with Crippen molar-refractivity contribution in [3.05, 3.63) is 35.6 Å². The summed E-state index contributed by atoms with van der Waals surface area (Å²) in [5, 5.41) is 10.6. The van der Waals surface area contributed by atoms with E-state index in [0.717, 1.165) is 0 Å². The molecule has 1 atom stereocenters. The Kier molecular flexibility index (Phi) is 3.59. The molecule has 0 spiro atoms. The van der Waals surface area contributed by atoms with Crippen LogP contribution in [0.3, 0.4) is 0 Å². The highest BCUT2D eigenvalue weighted by Crippen LogP contribution is 2.09. The van der Waals surface area contributed by atoms with E-state index in [1.54, 1.807) is 12.1 Å². The fourth-order valence-corrected chi connectivity index (χ4v) is 1.25. The van der Waals surface area contributed by atoms with Gasteiger partial charge in [-0.25, -0.2) is 4.39 Å². The highest BCUT2D eigenvalue weighted by molar-refractivity contribution is 5.68. The van der Waals surface area contributed by atoms with Crippen molar-refractivity contribution < 1.29 is 20.0 Å². The largest absolute Gasteiger partial charge is 0.550 e. The lowest BCUT2D eigenvalue weighted by molar-refractivity contribution is -0.387. The molecular formula is C10H12FNO2. The van der Waals surface area contributed by atoms with E-state index in [0.29, 0.717) is 5.56 Å². The van der Waals surface area contributed by atoms with Gasteiger partial charge in [-0.2, -0.15) is 0 Å². The lowest BCUT2D eigenvalue weighted by Crippen LogP contribution is -2.57. The van der Waals surface area contributed by atoms with Crippen molar-refractivity contribution in [3.63, 3.8) is 0 Å². The normalized spacial score (nSPS) is 12.4. The number of benzene rings is 1. The van der Waals surface area contributed by atoms with Crippen LogP contribution in [0.1, 0.15) is 5.56 Å². The van der Waals surface area contributed by atoms with Gasteiger partial charge in [0.05, 0.1) is 18.4 Å². The molecule has 0 amide bonds. The molecule has 0 heterocycles. The van der Waals surface area contributed by atoms with Gasteiger partial charge in [0.2, 0.25) is 0 Å². The molecule has 3 nitrogen and oxygen atoms in total. The maximum Gasteiger partial charge on any atom is 0.123 e. The lowest BCUT2D eigenvalue weighted by atomic mass is 10.00. The minimum Gasteiger partial charge on any atom is -0.550 e. The van der Waals surface area contributed by atoms with Crippen LogP contribution in [0.15, 0.2) is 24.3 Å². The van der Waals surface area contributed by atoms with Gasteiger partial charge < -0.3 is 15.6 Å². The molecule has 0 aliphatic carbocycles. The van der Waals surface area contributed by atoms with E-state index >= 15 is 0 Å². The van der Waals surface area contributed by atoms with E-state index in [2.05, 4.69) is 5.73 Å². The van der Waals surface area contributed by atoms with E-state index in [-0.39, 0.29) is 18.8 Å². The molecule has 1 rings (SSSR count). The van der Waals surface area contributed by atoms with Crippen LogP contribution in [0.4, 0.5) is 4.39 Å². The standard InChI is InChI=1S/C10H12FNO2/c11-9-3-1-2-7(5-9)4-8(6-12)10(13)14/h1-3,5,8H,4,6,12H2,(H,13,14)/t8-/m0/s1. The van der Waals surface area contributed by atoms with Gasteiger partial charge in [-0.3, -0.25) is 0 Å². The number of rotatable bonds is 4. The van der Waals surface area contributed by atoms with Gasteiger partial charge in [0.15, 0.2) is 0 Å². The predicted molar refractivity (Wildman–Crippen MR) is 46.4 cm³/mol. The van der Waals surface area contributed by atoms with E-state index in [1.165, 1.54) is 12.1 Å². The second-order valence-corrected chi connectivity index (χ2v) is 3.14. The van der Waals surface area contributed by atoms with Crippen LogP contribution in [0.25, 0.3) is 0 Å². The summed E-state index contributed by atoms with van der Waals surface area (Å²) in [5.41, 5.74) is 4.17. The molecule has 0 unspecified atom stereocenters. The van der Waals surface area contributed by atoms with Gasteiger partial charge in [0.1, 0.15) is 5.82 Å². The van der Waals surface area contributed by atoms with E-state index in [1.807, 2.05) is 0 Å². The topological polar surface area (TPSA) is 67.8 Å². The molecule has 0 fully saturated rings. The number of hydrogen-bond acceptors (Lipinski definition) is 2. The van der Waals surface area contributed by atoms with Gasteiger partial charge in [0, 0.05) is 0 Å². The molecule has 4 heteroatoms. The molecule has 0 aliphatic heterocycles. The Morgan fingerprint density at radius 2 is 2.29 bits per heavy atom. The molecule has 1 aromatic carbocycles. The first-order chi connectivity index (χ1) is 6.63. The van der Waals surface area contributed by atoms with Crippen molar-refractivity contribution in [2.24, 2.45) is 5.92 Å². The fraction of sp³-hybridized carbons (Fsp3) is 0.300. The Morgan fingerprint density at radius 1 is 1.57 bits per heavy atom. The summed E-state index contributed by atoms with van der Waals surface area (Å²) < 4.78 is 12.7. The average molecular weight is 197 g/mol. The van der Waals surface area contributed by atoms with Crippen molar-refractivity contribution >= 4 is 5.97 Å². The first-order valence-electron chi connectivity index (χ1n) is 4.38. The van der Waals surface area contributed by atoms with Crippen LogP contribution < -0.4 is 10.8 Å². The number of carbonyl (C=O) groups excluding carboxylic acids is 1. The highest BCUT2D eigenvalue weighted by atomic mass is 19.1. The zero-order valence-electron chi connectivity index (χ0n) is 7.70. The monoisotopic (exact) mass is 197 g/mol. The molecular weight excluding hydrogens is 185 g/mol. The molecule has 1 aromatic rings. The van der Waals surface area contributed by atoms with Crippen LogP contribution in [-0.2, 0) is 11.2 Å². The summed E-state index contributed by atoms with van der Waals surface area (Å²) in [4.78, 5) is 10.6. The molecule has 76 valence electrons. The van der Waals surface area contributed by atoms with Crippen LogP contribution in [0, 0.1) is 11.7 Å². The summed E-state index contributed by atoms with van der Waals surface area (Å²) in [6, 6.07) is 5.89. The fourth-order valence-electron chi connectivity index (χ4n) is 1.25. The molecule has 0 aromatic heterocycles. The molecule has 0 radical (unpaired) electrons. The Hall–Kier alpha value is -1.42. The number of carboxylic acids is 1. The first kappa shape index (κ1) is 10.7. The smallest absolute Gasteiger partial charge is 0.123 e. The molecule has 0 saturated carbocycles. The molecule has 14 heavy (non-hydrogen) atoms. The third kappa shape index (κ3) is 2.81. The number of aliphatic carboxylic acids is 1. The number of carbonyl (C=O) groups is 1. The number of hydrogen-bond donors (Lipinski definition) is 1. The number of quaternary nitrogens is 1. The zero-order valence-corrected chi connectivity index (χ0v) is 7.70. The Morgan fingerprint density at radius 3 is 2.79 bits per heavy atom. The van der Waals surface area contributed by atoms with Gasteiger partial charge >= 0.3 is 0 Å². The first-order valence-corrected chi connectivity index (χ1v) is 4.38. The predicted octanol–water partition coefficient (Wildman–Crippen LogP) is -1.02. The molecule has 0 bridgehead atoms. The molecule has 0 saturated heterocycles. The molecule has 0 aliphatic rings. The number of halogens is 1. The van der Waals surface area contributed by atoms with Crippen molar-refractivity contribution in [1.82, 2.24) is 0 Å². The van der Waals surface area contributed by atoms with Crippen LogP contribution in [0.5, 0.6) is 0 Å². The van der Waals surface area contributed by atoms with Crippen LogP contribution in [-0.4, -0.2) is 12.5 Å².